The molecule has 3 N–H and O–H groups in total. The van der Waals surface area contributed by atoms with Crippen LogP contribution in [0.25, 0.3) is 0 Å². The predicted molar refractivity (Wildman–Crippen MR) is 135 cm³/mol. The average Bonchev–Trinajstić information content (AvgIpc) is 2.72. The molecular weight excluding hydrogens is 562 g/mol. The van der Waals surface area contributed by atoms with Crippen LogP contribution in [0.15, 0.2) is 45.3 Å². The van der Waals surface area contributed by atoms with Crippen molar-refractivity contribution in [2.45, 2.75) is 27.2 Å². The Morgan fingerprint density at radius 3 is 2.31 bits per heavy atom. The Hall–Kier alpha value is -2.17. The number of benzene rings is 2. The third kappa shape index (κ3) is 8.76. The Kier molecular flexibility index (Phi) is 10.4. The second kappa shape index (κ2) is 12.8. The van der Waals surface area contributed by atoms with Crippen molar-refractivity contribution < 1.29 is 19.1 Å². The van der Waals surface area contributed by atoms with Gasteiger partial charge >= 0.3 is 0 Å². The van der Waals surface area contributed by atoms with Crippen molar-refractivity contribution >= 4 is 61.0 Å². The van der Waals surface area contributed by atoms with E-state index in [1.165, 1.54) is 0 Å². The molecule has 0 spiro atoms. The quantitative estimate of drug-likeness (QED) is 0.308. The molecule has 0 fully saturated rings. The van der Waals surface area contributed by atoms with Crippen molar-refractivity contribution in [1.29, 1.82) is 0 Å². The van der Waals surface area contributed by atoms with Crippen LogP contribution in [-0.4, -0.2) is 30.1 Å². The number of hydrogen-bond donors (Lipinski definition) is 3. The molecule has 0 saturated heterocycles. The standard InChI is InChI=1S/C22H25Br2N3O4S/c1-13(2)8-9-30-18-7-5-15(11-17(18)24)21(29)25-22(32)27-26-20(28)12-31-19-6-4-14(3)10-16(19)23/h4-7,10-11,13H,8-9,12H2,1-3H3,(H,26,28)(H2,25,27,29,32). The zero-order valence-corrected chi connectivity index (χ0v) is 21.9. The number of hydrogen-bond acceptors (Lipinski definition) is 5. The van der Waals surface area contributed by atoms with E-state index in [0.717, 1.165) is 16.5 Å². The number of aryl methyl sites for hydroxylation is 1. The van der Waals surface area contributed by atoms with Crippen LogP contribution in [0.5, 0.6) is 11.5 Å². The summed E-state index contributed by atoms with van der Waals surface area (Å²) in [6.45, 7) is 6.58. The lowest BCUT2D eigenvalue weighted by Gasteiger charge is -2.13. The Bertz CT molecular complexity index is 986. The molecule has 0 radical (unpaired) electrons. The van der Waals surface area contributed by atoms with E-state index in [2.05, 4.69) is 61.9 Å². The summed E-state index contributed by atoms with van der Waals surface area (Å²) in [6.07, 6.45) is 0.938. The summed E-state index contributed by atoms with van der Waals surface area (Å²) < 4.78 is 12.6. The van der Waals surface area contributed by atoms with E-state index in [9.17, 15) is 9.59 Å². The molecule has 0 atom stereocenters. The SMILES string of the molecule is Cc1ccc(OCC(=O)NNC(=S)NC(=O)c2ccc(OCCC(C)C)c(Br)c2)c(Br)c1. The predicted octanol–water partition coefficient (Wildman–Crippen LogP) is 4.66. The molecule has 0 saturated carbocycles. The molecule has 0 unspecified atom stereocenters. The maximum absolute atomic E-state index is 12.4. The van der Waals surface area contributed by atoms with Crippen LogP contribution in [0.2, 0.25) is 0 Å². The van der Waals surface area contributed by atoms with Crippen LogP contribution >= 0.6 is 44.1 Å². The van der Waals surface area contributed by atoms with Gasteiger partial charge in [-0.15, -0.1) is 0 Å². The molecule has 0 aliphatic rings. The van der Waals surface area contributed by atoms with Gasteiger partial charge in [-0.2, -0.15) is 0 Å². The highest BCUT2D eigenvalue weighted by atomic mass is 79.9. The van der Waals surface area contributed by atoms with Gasteiger partial charge in [0.15, 0.2) is 11.7 Å². The van der Waals surface area contributed by atoms with Crippen LogP contribution in [0.3, 0.4) is 0 Å². The van der Waals surface area contributed by atoms with E-state index >= 15 is 0 Å². The third-order valence-corrected chi connectivity index (χ3v) is 5.58. The zero-order valence-electron chi connectivity index (χ0n) is 18.0. The average molecular weight is 587 g/mol. The molecule has 2 aromatic rings. The molecule has 0 aliphatic heterocycles. The minimum atomic E-state index is -0.459. The molecule has 2 amide bonds. The summed E-state index contributed by atoms with van der Waals surface area (Å²) in [7, 11) is 0. The summed E-state index contributed by atoms with van der Waals surface area (Å²) in [5.41, 5.74) is 6.31. The first-order chi connectivity index (χ1) is 15.2. The molecule has 2 aromatic carbocycles. The van der Waals surface area contributed by atoms with Gasteiger partial charge in [-0.3, -0.25) is 25.8 Å². The monoisotopic (exact) mass is 585 g/mol. The number of rotatable bonds is 8. The Balaban J connectivity index is 1.77. The molecule has 172 valence electrons. The molecule has 0 aliphatic carbocycles. The van der Waals surface area contributed by atoms with Crippen LogP contribution in [0.4, 0.5) is 0 Å². The van der Waals surface area contributed by atoms with Crippen molar-refractivity contribution in [3.8, 4) is 11.5 Å². The molecule has 10 heteroatoms. The number of ether oxygens (including phenoxy) is 2. The van der Waals surface area contributed by atoms with Gasteiger partial charge in [-0.1, -0.05) is 19.9 Å². The van der Waals surface area contributed by atoms with E-state index in [1.807, 2.05) is 19.1 Å². The molecule has 0 bridgehead atoms. The van der Waals surface area contributed by atoms with Gasteiger partial charge in [0.25, 0.3) is 11.8 Å². The molecular formula is C22H25Br2N3O4S. The second-order valence-electron chi connectivity index (χ2n) is 7.36. The number of halogens is 2. The Labute approximate surface area is 209 Å². The fourth-order valence-electron chi connectivity index (χ4n) is 2.40. The van der Waals surface area contributed by atoms with Crippen molar-refractivity contribution in [1.82, 2.24) is 16.2 Å². The van der Waals surface area contributed by atoms with Crippen molar-refractivity contribution in [2.75, 3.05) is 13.2 Å². The van der Waals surface area contributed by atoms with Gasteiger partial charge in [0.1, 0.15) is 11.5 Å². The smallest absolute Gasteiger partial charge is 0.276 e. The lowest BCUT2D eigenvalue weighted by Crippen LogP contribution is -2.49. The van der Waals surface area contributed by atoms with Crippen LogP contribution in [0.1, 0.15) is 36.2 Å². The molecule has 32 heavy (non-hydrogen) atoms. The van der Waals surface area contributed by atoms with Gasteiger partial charge in [0.2, 0.25) is 0 Å². The summed E-state index contributed by atoms with van der Waals surface area (Å²) >= 11 is 11.9. The van der Waals surface area contributed by atoms with Crippen LogP contribution < -0.4 is 25.6 Å². The van der Waals surface area contributed by atoms with Gasteiger partial charge in [0.05, 0.1) is 15.6 Å². The number of hydrazine groups is 1. The van der Waals surface area contributed by atoms with E-state index < -0.39 is 11.8 Å². The first kappa shape index (κ1) is 26.1. The highest BCUT2D eigenvalue weighted by molar-refractivity contribution is 9.10. The summed E-state index contributed by atoms with van der Waals surface area (Å²) in [4.78, 5) is 24.4. The number of nitrogens with one attached hydrogen (secondary N) is 3. The van der Waals surface area contributed by atoms with Crippen LogP contribution in [-0.2, 0) is 4.79 Å². The number of amides is 2. The first-order valence-electron chi connectivity index (χ1n) is 9.87. The highest BCUT2D eigenvalue weighted by Crippen LogP contribution is 2.27. The molecule has 0 aromatic heterocycles. The van der Waals surface area contributed by atoms with Gasteiger partial charge in [-0.25, -0.2) is 0 Å². The van der Waals surface area contributed by atoms with Gasteiger partial charge in [-0.05, 0) is 99.2 Å². The maximum Gasteiger partial charge on any atom is 0.276 e. The fourth-order valence-corrected chi connectivity index (χ4v) is 3.64. The van der Waals surface area contributed by atoms with E-state index in [1.54, 1.807) is 24.3 Å². The van der Waals surface area contributed by atoms with Crippen molar-refractivity contribution in [3.05, 3.63) is 56.5 Å². The molecule has 0 heterocycles. The maximum atomic E-state index is 12.4. The normalized spacial score (nSPS) is 10.4. The number of carbonyl (C=O) groups excluding carboxylic acids is 2. The largest absolute Gasteiger partial charge is 0.492 e. The first-order valence-corrected chi connectivity index (χ1v) is 11.9. The third-order valence-electron chi connectivity index (χ3n) is 4.14. The number of carbonyl (C=O) groups is 2. The lowest BCUT2D eigenvalue weighted by molar-refractivity contribution is -0.123. The fraction of sp³-hybridized carbons (Fsp3) is 0.318. The lowest BCUT2D eigenvalue weighted by atomic mass is 10.1. The van der Waals surface area contributed by atoms with Crippen molar-refractivity contribution in [3.63, 3.8) is 0 Å². The molecule has 2 rings (SSSR count). The summed E-state index contributed by atoms with van der Waals surface area (Å²) in [5, 5.41) is 2.45. The van der Waals surface area contributed by atoms with E-state index in [-0.39, 0.29) is 11.7 Å². The van der Waals surface area contributed by atoms with E-state index in [0.29, 0.717) is 34.1 Å². The summed E-state index contributed by atoms with van der Waals surface area (Å²) in [6, 6.07) is 10.5. The van der Waals surface area contributed by atoms with Crippen molar-refractivity contribution in [2.24, 2.45) is 5.92 Å². The Morgan fingerprint density at radius 2 is 1.66 bits per heavy atom. The highest BCUT2D eigenvalue weighted by Gasteiger charge is 2.12. The van der Waals surface area contributed by atoms with E-state index in [4.69, 9.17) is 21.7 Å². The molecule has 7 nitrogen and oxygen atoms in total. The Morgan fingerprint density at radius 1 is 1.00 bits per heavy atom. The van der Waals surface area contributed by atoms with Gasteiger partial charge < -0.3 is 9.47 Å². The van der Waals surface area contributed by atoms with Gasteiger partial charge in [0, 0.05) is 5.56 Å². The minimum absolute atomic E-state index is 0.0479. The summed E-state index contributed by atoms with van der Waals surface area (Å²) in [5.74, 6) is 0.869. The van der Waals surface area contributed by atoms with Crippen LogP contribution in [0, 0.1) is 12.8 Å². The number of thiocarbonyl (C=S) groups is 1. The minimum Gasteiger partial charge on any atom is -0.492 e. The topological polar surface area (TPSA) is 88.7 Å². The zero-order chi connectivity index (χ0) is 23.7. The second-order valence-corrected chi connectivity index (χ2v) is 9.47.